The van der Waals surface area contributed by atoms with Crippen LogP contribution in [0.1, 0.15) is 68.1 Å². The van der Waals surface area contributed by atoms with Gasteiger partial charge in [-0.15, -0.1) is 0 Å². The predicted octanol–water partition coefficient (Wildman–Crippen LogP) is 3.36. The van der Waals surface area contributed by atoms with Crippen molar-refractivity contribution in [2.24, 2.45) is 11.7 Å². The summed E-state index contributed by atoms with van der Waals surface area (Å²) in [6.45, 7) is 2.55. The molecule has 2 amide bonds. The molecule has 1 aliphatic heterocycles. The largest absolute Gasteiger partial charge is 0.370 e. The lowest BCUT2D eigenvalue weighted by Gasteiger charge is -2.28. The van der Waals surface area contributed by atoms with Gasteiger partial charge in [0, 0.05) is 37.8 Å². The molecule has 1 aliphatic carbocycles. The standard InChI is InChI=1S/C29H42N6O2/c30-29(31)32-16-6-11-26-28(37)35(17-14-21-7-2-1-3-8-21)18-15-25(34-26)20-33-27(36)24-13-12-22-9-4-5-10-23(22)19-24/h4-5,9-10,12-13,19,21,25-26,34H,1-3,6-8,11,14-18,20H2,(H,33,36)(H4,30,31,32)/t25-,26-/m0/s1. The molecule has 4 rings (SSSR count). The van der Waals surface area contributed by atoms with E-state index in [4.69, 9.17) is 11.1 Å². The second kappa shape index (κ2) is 13.4. The van der Waals surface area contributed by atoms with Crippen LogP contribution in [-0.2, 0) is 4.79 Å². The molecule has 0 spiro atoms. The van der Waals surface area contributed by atoms with Crippen LogP contribution in [0.25, 0.3) is 10.8 Å². The second-order valence-electron chi connectivity index (χ2n) is 10.6. The van der Waals surface area contributed by atoms with Crippen LogP contribution in [0.15, 0.2) is 42.5 Å². The lowest BCUT2D eigenvalue weighted by molar-refractivity contribution is -0.133. The molecule has 2 atom stereocenters. The van der Waals surface area contributed by atoms with Crippen LogP contribution in [0.4, 0.5) is 0 Å². The number of hydrogen-bond donors (Lipinski definition) is 5. The summed E-state index contributed by atoms with van der Waals surface area (Å²) in [5.41, 5.74) is 6.05. The molecule has 0 radical (unpaired) electrons. The molecule has 1 saturated carbocycles. The Labute approximate surface area is 220 Å². The third kappa shape index (κ3) is 7.92. The fourth-order valence-electron chi connectivity index (χ4n) is 5.66. The average Bonchev–Trinajstić information content (AvgIpc) is 3.07. The van der Waals surface area contributed by atoms with E-state index in [0.29, 0.717) is 31.6 Å². The summed E-state index contributed by atoms with van der Waals surface area (Å²) in [7, 11) is 0. The van der Waals surface area contributed by atoms with Gasteiger partial charge in [0.1, 0.15) is 0 Å². The first-order valence-corrected chi connectivity index (χ1v) is 13.9. The maximum Gasteiger partial charge on any atom is 0.251 e. The van der Waals surface area contributed by atoms with Crippen molar-refractivity contribution < 1.29 is 9.59 Å². The summed E-state index contributed by atoms with van der Waals surface area (Å²) in [5.74, 6) is 0.734. The van der Waals surface area contributed by atoms with E-state index in [0.717, 1.165) is 42.5 Å². The molecule has 2 fully saturated rings. The van der Waals surface area contributed by atoms with E-state index in [2.05, 4.69) is 16.0 Å². The Morgan fingerprint density at radius 2 is 1.81 bits per heavy atom. The lowest BCUT2D eigenvalue weighted by Crippen LogP contribution is -2.49. The molecule has 6 N–H and O–H groups in total. The number of nitrogens with zero attached hydrogens (tertiary/aromatic N) is 1. The SMILES string of the molecule is N=C(N)NCCC[C@@H]1N[C@H](CNC(=O)c2ccc3ccccc3c2)CCN(CCC2CCCCC2)C1=O. The maximum absolute atomic E-state index is 13.5. The summed E-state index contributed by atoms with van der Waals surface area (Å²) >= 11 is 0. The average molecular weight is 507 g/mol. The van der Waals surface area contributed by atoms with Gasteiger partial charge in [-0.1, -0.05) is 62.4 Å². The Morgan fingerprint density at radius 3 is 2.59 bits per heavy atom. The smallest absolute Gasteiger partial charge is 0.251 e. The molecule has 8 nitrogen and oxygen atoms in total. The first-order valence-electron chi connectivity index (χ1n) is 13.9. The molecule has 8 heteroatoms. The fourth-order valence-corrected chi connectivity index (χ4v) is 5.66. The number of amides is 2. The van der Waals surface area contributed by atoms with Gasteiger partial charge in [0.05, 0.1) is 6.04 Å². The summed E-state index contributed by atoms with van der Waals surface area (Å²) in [6, 6.07) is 13.5. The minimum atomic E-state index is -0.301. The van der Waals surface area contributed by atoms with Crippen molar-refractivity contribution >= 4 is 28.5 Å². The normalized spacial score (nSPS) is 21.0. The Kier molecular flexibility index (Phi) is 9.77. The molecule has 2 aromatic carbocycles. The molecule has 2 aromatic rings. The van der Waals surface area contributed by atoms with Crippen molar-refractivity contribution in [2.45, 2.75) is 69.9 Å². The number of carbonyl (C=O) groups excluding carboxylic acids is 2. The zero-order valence-electron chi connectivity index (χ0n) is 21.8. The van der Waals surface area contributed by atoms with Gasteiger partial charge in [0.15, 0.2) is 5.96 Å². The van der Waals surface area contributed by atoms with Crippen molar-refractivity contribution in [3.63, 3.8) is 0 Å². The number of guanidine groups is 1. The van der Waals surface area contributed by atoms with Gasteiger partial charge in [-0.05, 0) is 54.5 Å². The van der Waals surface area contributed by atoms with Gasteiger partial charge in [0.25, 0.3) is 5.91 Å². The molecule has 37 heavy (non-hydrogen) atoms. The number of carbonyl (C=O) groups is 2. The van der Waals surface area contributed by atoms with E-state index >= 15 is 0 Å². The first-order chi connectivity index (χ1) is 18.0. The number of fused-ring (bicyclic) bond motifs is 1. The van der Waals surface area contributed by atoms with Crippen LogP contribution in [-0.4, -0.2) is 60.9 Å². The Hall–Kier alpha value is -3.13. The summed E-state index contributed by atoms with van der Waals surface area (Å²) in [5, 5.41) is 19.0. The van der Waals surface area contributed by atoms with Crippen molar-refractivity contribution in [3.05, 3.63) is 48.0 Å². The predicted molar refractivity (Wildman–Crippen MR) is 149 cm³/mol. The number of hydrogen-bond acceptors (Lipinski definition) is 4. The van der Waals surface area contributed by atoms with Gasteiger partial charge in [-0.2, -0.15) is 0 Å². The molecule has 0 unspecified atom stereocenters. The number of benzene rings is 2. The van der Waals surface area contributed by atoms with E-state index in [-0.39, 0.29) is 29.9 Å². The maximum atomic E-state index is 13.5. The highest BCUT2D eigenvalue weighted by Gasteiger charge is 2.31. The van der Waals surface area contributed by atoms with Gasteiger partial charge < -0.3 is 26.6 Å². The van der Waals surface area contributed by atoms with Gasteiger partial charge in [0.2, 0.25) is 5.91 Å². The molecule has 2 aliphatic rings. The van der Waals surface area contributed by atoms with E-state index in [1.54, 1.807) is 0 Å². The number of nitrogens with one attached hydrogen (secondary N) is 4. The van der Waals surface area contributed by atoms with Crippen LogP contribution < -0.4 is 21.7 Å². The molecular weight excluding hydrogens is 464 g/mol. The lowest BCUT2D eigenvalue weighted by atomic mass is 9.87. The van der Waals surface area contributed by atoms with Gasteiger partial charge in [-0.25, -0.2) is 0 Å². The summed E-state index contributed by atoms with van der Waals surface area (Å²) < 4.78 is 0. The molecule has 200 valence electrons. The van der Waals surface area contributed by atoms with Gasteiger partial charge >= 0.3 is 0 Å². The number of rotatable bonds is 10. The van der Waals surface area contributed by atoms with Crippen molar-refractivity contribution in [1.82, 2.24) is 20.9 Å². The number of nitrogens with two attached hydrogens (primary N) is 1. The van der Waals surface area contributed by atoms with Crippen LogP contribution in [0, 0.1) is 11.3 Å². The molecule has 0 aromatic heterocycles. The van der Waals surface area contributed by atoms with Gasteiger partial charge in [-0.3, -0.25) is 15.0 Å². The van der Waals surface area contributed by atoms with E-state index < -0.39 is 0 Å². The Bertz CT molecular complexity index is 1070. The second-order valence-corrected chi connectivity index (χ2v) is 10.6. The van der Waals surface area contributed by atoms with Crippen LogP contribution in [0.2, 0.25) is 0 Å². The fraction of sp³-hybridized carbons (Fsp3) is 0.552. The topological polar surface area (TPSA) is 123 Å². The third-order valence-electron chi connectivity index (χ3n) is 7.83. The third-order valence-corrected chi connectivity index (χ3v) is 7.83. The summed E-state index contributed by atoms with van der Waals surface area (Å²) in [6.07, 6.45) is 9.80. The molecule has 1 heterocycles. The van der Waals surface area contributed by atoms with E-state index in [1.165, 1.54) is 32.1 Å². The monoisotopic (exact) mass is 506 g/mol. The van der Waals surface area contributed by atoms with Crippen LogP contribution in [0.3, 0.4) is 0 Å². The highest BCUT2D eigenvalue weighted by atomic mass is 16.2. The van der Waals surface area contributed by atoms with Crippen LogP contribution >= 0.6 is 0 Å². The highest BCUT2D eigenvalue weighted by molar-refractivity contribution is 5.98. The van der Waals surface area contributed by atoms with E-state index in [9.17, 15) is 9.59 Å². The first kappa shape index (κ1) is 26.9. The molecular formula is C29H42N6O2. The quantitative estimate of drug-likeness (QED) is 0.192. The van der Waals surface area contributed by atoms with Crippen LogP contribution in [0.5, 0.6) is 0 Å². The zero-order chi connectivity index (χ0) is 26.0. The van der Waals surface area contributed by atoms with Crippen molar-refractivity contribution in [2.75, 3.05) is 26.2 Å². The minimum absolute atomic E-state index is 0.0128. The Balaban J connectivity index is 1.35. The minimum Gasteiger partial charge on any atom is -0.370 e. The zero-order valence-corrected chi connectivity index (χ0v) is 21.8. The molecule has 1 saturated heterocycles. The van der Waals surface area contributed by atoms with Crippen molar-refractivity contribution in [3.8, 4) is 0 Å². The summed E-state index contributed by atoms with van der Waals surface area (Å²) in [4.78, 5) is 28.4. The Morgan fingerprint density at radius 1 is 1.03 bits per heavy atom. The highest BCUT2D eigenvalue weighted by Crippen LogP contribution is 2.27. The molecule has 0 bridgehead atoms. The van der Waals surface area contributed by atoms with E-state index in [1.807, 2.05) is 47.4 Å². The van der Waals surface area contributed by atoms with Crippen molar-refractivity contribution in [1.29, 1.82) is 5.41 Å².